The van der Waals surface area contributed by atoms with Crippen LogP contribution in [-0.2, 0) is 4.79 Å². The van der Waals surface area contributed by atoms with Crippen molar-refractivity contribution in [2.75, 3.05) is 7.05 Å². The molecule has 15 heavy (non-hydrogen) atoms. The summed E-state index contributed by atoms with van der Waals surface area (Å²) in [6, 6.07) is 7.99. The smallest absolute Gasteiger partial charge is 0.151 e. The first-order valence-corrected chi connectivity index (χ1v) is 5.76. The molecule has 1 atom stereocenters. The summed E-state index contributed by atoms with van der Waals surface area (Å²) in [5, 5.41) is 6.29. The highest BCUT2D eigenvalue weighted by atomic mass is 32.1. The van der Waals surface area contributed by atoms with Crippen molar-refractivity contribution in [3.63, 3.8) is 0 Å². The minimum absolute atomic E-state index is 0.154. The Morgan fingerprint density at radius 1 is 1.40 bits per heavy atom. The van der Waals surface area contributed by atoms with Crippen LogP contribution < -0.4 is 5.32 Å². The molecule has 78 valence electrons. The average Bonchev–Trinajstić information content (AvgIpc) is 2.63. The highest BCUT2D eigenvalue weighted by molar-refractivity contribution is 7.17. The molecule has 0 spiro atoms. The first-order valence-electron chi connectivity index (χ1n) is 4.88. The monoisotopic (exact) mass is 219 g/mol. The van der Waals surface area contributed by atoms with Gasteiger partial charge in [0, 0.05) is 4.70 Å². The number of likely N-dealkylation sites (N-methyl/N-ethyl adjacent to an activating group) is 1. The summed E-state index contributed by atoms with van der Waals surface area (Å²) in [4.78, 5) is 11.5. The van der Waals surface area contributed by atoms with Gasteiger partial charge in [0.1, 0.15) is 0 Å². The van der Waals surface area contributed by atoms with E-state index in [4.69, 9.17) is 0 Å². The Hall–Kier alpha value is -1.19. The Morgan fingerprint density at radius 2 is 2.13 bits per heavy atom. The van der Waals surface area contributed by atoms with Gasteiger partial charge in [-0.05, 0) is 36.4 Å². The summed E-state index contributed by atoms with van der Waals surface area (Å²) in [5.74, 6) is 0.154. The van der Waals surface area contributed by atoms with Gasteiger partial charge in [0.2, 0.25) is 0 Å². The van der Waals surface area contributed by atoms with Crippen LogP contribution in [0.3, 0.4) is 0 Å². The maximum atomic E-state index is 11.5. The van der Waals surface area contributed by atoms with E-state index >= 15 is 0 Å². The van der Waals surface area contributed by atoms with Gasteiger partial charge in [0.15, 0.2) is 5.78 Å². The number of Topliss-reactive ketones (excluding diaryl/α,β-unsaturated/α-hetero) is 1. The first kappa shape index (κ1) is 10.3. The second-order valence-corrected chi connectivity index (χ2v) is 4.43. The number of hydrogen-bond donors (Lipinski definition) is 1. The van der Waals surface area contributed by atoms with Crippen LogP contribution in [0, 0.1) is 0 Å². The maximum absolute atomic E-state index is 11.5. The second kappa shape index (κ2) is 4.13. The highest BCUT2D eigenvalue weighted by Gasteiger charge is 2.17. The van der Waals surface area contributed by atoms with Crippen LogP contribution in [-0.4, -0.2) is 12.8 Å². The molecular formula is C12H13NOS. The third-order valence-electron chi connectivity index (χ3n) is 2.52. The number of fused-ring (bicyclic) bond motifs is 1. The molecule has 1 aromatic heterocycles. The van der Waals surface area contributed by atoms with E-state index in [0.29, 0.717) is 0 Å². The number of nitrogens with one attached hydrogen (secondary N) is 1. The standard InChI is InChI=1S/C12H13NOS/c1-8(14)12(13-2)10-7-15-11-6-4-3-5-9(10)11/h3-7,12-13H,1-2H3. The molecule has 0 bridgehead atoms. The average molecular weight is 219 g/mol. The SMILES string of the molecule is CNC(C(C)=O)c1csc2ccccc12. The lowest BCUT2D eigenvalue weighted by Gasteiger charge is -2.11. The summed E-state index contributed by atoms with van der Waals surface area (Å²) in [7, 11) is 1.82. The molecule has 3 heteroatoms. The molecular weight excluding hydrogens is 206 g/mol. The Kier molecular flexibility index (Phi) is 2.84. The van der Waals surface area contributed by atoms with Crippen molar-refractivity contribution in [1.29, 1.82) is 0 Å². The van der Waals surface area contributed by atoms with Gasteiger partial charge in [-0.25, -0.2) is 0 Å². The third kappa shape index (κ3) is 1.80. The van der Waals surface area contributed by atoms with Gasteiger partial charge in [-0.15, -0.1) is 11.3 Å². The van der Waals surface area contributed by atoms with Gasteiger partial charge in [-0.2, -0.15) is 0 Å². The van der Waals surface area contributed by atoms with Crippen molar-refractivity contribution >= 4 is 27.2 Å². The van der Waals surface area contributed by atoms with Gasteiger partial charge in [0.25, 0.3) is 0 Å². The highest BCUT2D eigenvalue weighted by Crippen LogP contribution is 2.30. The Morgan fingerprint density at radius 3 is 2.80 bits per heavy atom. The number of benzene rings is 1. The van der Waals surface area contributed by atoms with Crippen LogP contribution >= 0.6 is 11.3 Å². The van der Waals surface area contributed by atoms with E-state index in [2.05, 4.69) is 22.8 Å². The molecule has 1 N–H and O–H groups in total. The number of thiophene rings is 1. The van der Waals surface area contributed by atoms with Gasteiger partial charge in [-0.1, -0.05) is 18.2 Å². The van der Waals surface area contributed by atoms with E-state index in [-0.39, 0.29) is 11.8 Å². The molecule has 0 amide bonds. The number of carbonyl (C=O) groups excluding carboxylic acids is 1. The van der Waals surface area contributed by atoms with E-state index in [1.807, 2.05) is 19.2 Å². The van der Waals surface area contributed by atoms with E-state index < -0.39 is 0 Å². The summed E-state index contributed by atoms with van der Waals surface area (Å²) in [6.45, 7) is 1.62. The topological polar surface area (TPSA) is 29.1 Å². The normalized spacial score (nSPS) is 12.9. The zero-order valence-corrected chi connectivity index (χ0v) is 9.60. The van der Waals surface area contributed by atoms with Crippen molar-refractivity contribution in [3.8, 4) is 0 Å². The van der Waals surface area contributed by atoms with Crippen LogP contribution in [0.2, 0.25) is 0 Å². The lowest BCUT2D eigenvalue weighted by atomic mass is 10.0. The lowest BCUT2D eigenvalue weighted by molar-refractivity contribution is -0.118. The number of carbonyl (C=O) groups is 1. The summed E-state index contributed by atoms with van der Waals surface area (Å²) in [5.41, 5.74) is 1.09. The van der Waals surface area contributed by atoms with Crippen molar-refractivity contribution < 1.29 is 4.79 Å². The zero-order chi connectivity index (χ0) is 10.8. The molecule has 0 aliphatic carbocycles. The molecule has 0 fully saturated rings. The number of hydrogen-bond acceptors (Lipinski definition) is 3. The molecule has 2 rings (SSSR count). The lowest BCUT2D eigenvalue weighted by Crippen LogP contribution is -2.22. The van der Waals surface area contributed by atoms with Gasteiger partial charge >= 0.3 is 0 Å². The fourth-order valence-electron chi connectivity index (χ4n) is 1.80. The third-order valence-corrected chi connectivity index (χ3v) is 3.50. The van der Waals surface area contributed by atoms with Gasteiger partial charge in [-0.3, -0.25) is 4.79 Å². The van der Waals surface area contributed by atoms with Crippen LogP contribution in [0.5, 0.6) is 0 Å². The summed E-state index contributed by atoms with van der Waals surface area (Å²) in [6.07, 6.45) is 0. The molecule has 2 aromatic rings. The Balaban J connectivity index is 2.55. The summed E-state index contributed by atoms with van der Waals surface area (Å²) < 4.78 is 1.23. The molecule has 0 aliphatic heterocycles. The quantitative estimate of drug-likeness (QED) is 0.860. The van der Waals surface area contributed by atoms with E-state index in [1.165, 1.54) is 10.1 Å². The van der Waals surface area contributed by atoms with Crippen LogP contribution in [0.1, 0.15) is 18.5 Å². The fraction of sp³-hybridized carbons (Fsp3) is 0.250. The van der Waals surface area contributed by atoms with Crippen molar-refractivity contribution in [1.82, 2.24) is 5.32 Å². The summed E-state index contributed by atoms with van der Waals surface area (Å²) >= 11 is 1.68. The predicted octanol–water partition coefficient (Wildman–Crippen LogP) is 2.75. The van der Waals surface area contributed by atoms with Crippen LogP contribution in [0.25, 0.3) is 10.1 Å². The van der Waals surface area contributed by atoms with Crippen LogP contribution in [0.4, 0.5) is 0 Å². The van der Waals surface area contributed by atoms with E-state index in [0.717, 1.165) is 5.56 Å². The van der Waals surface area contributed by atoms with E-state index in [1.54, 1.807) is 18.3 Å². The maximum Gasteiger partial charge on any atom is 0.151 e. The molecule has 0 saturated heterocycles. The molecule has 1 aromatic carbocycles. The minimum Gasteiger partial charge on any atom is -0.307 e. The second-order valence-electron chi connectivity index (χ2n) is 3.52. The fourth-order valence-corrected chi connectivity index (χ4v) is 2.79. The Labute approximate surface area is 92.9 Å². The molecule has 2 nitrogen and oxygen atoms in total. The van der Waals surface area contributed by atoms with Gasteiger partial charge in [0.05, 0.1) is 6.04 Å². The molecule has 1 unspecified atom stereocenters. The molecule has 0 aliphatic rings. The predicted molar refractivity (Wildman–Crippen MR) is 64.3 cm³/mol. The van der Waals surface area contributed by atoms with Crippen molar-refractivity contribution in [3.05, 3.63) is 35.2 Å². The minimum atomic E-state index is -0.179. The van der Waals surface area contributed by atoms with E-state index in [9.17, 15) is 4.79 Å². The molecule has 1 heterocycles. The van der Waals surface area contributed by atoms with Gasteiger partial charge < -0.3 is 5.32 Å². The molecule has 0 radical (unpaired) electrons. The largest absolute Gasteiger partial charge is 0.307 e. The van der Waals surface area contributed by atoms with Crippen molar-refractivity contribution in [2.45, 2.75) is 13.0 Å². The zero-order valence-electron chi connectivity index (χ0n) is 8.78. The number of rotatable bonds is 3. The first-order chi connectivity index (χ1) is 7.24. The van der Waals surface area contributed by atoms with Crippen LogP contribution in [0.15, 0.2) is 29.6 Å². The molecule has 0 saturated carbocycles. The number of ketones is 1. The Bertz CT molecular complexity index is 489. The van der Waals surface area contributed by atoms with Crippen molar-refractivity contribution in [2.24, 2.45) is 0 Å².